The fourth-order valence-electron chi connectivity index (χ4n) is 1.49. The summed E-state index contributed by atoms with van der Waals surface area (Å²) in [6.45, 7) is 0.464. The lowest BCUT2D eigenvalue weighted by molar-refractivity contribution is 0.394. The number of hydrogen-bond donors (Lipinski definition) is 1. The van der Waals surface area contributed by atoms with Crippen molar-refractivity contribution in [3.63, 3.8) is 0 Å². The van der Waals surface area contributed by atoms with Crippen LogP contribution in [0.15, 0.2) is 24.4 Å². The van der Waals surface area contributed by atoms with Gasteiger partial charge >= 0.3 is 0 Å². The van der Waals surface area contributed by atoms with Crippen LogP contribution in [0.3, 0.4) is 0 Å². The first-order chi connectivity index (χ1) is 8.26. The minimum absolute atomic E-state index is 0.464. The molecule has 1 heterocycles. The van der Waals surface area contributed by atoms with Gasteiger partial charge in [-0.2, -0.15) is 0 Å². The van der Waals surface area contributed by atoms with E-state index in [1.807, 2.05) is 24.4 Å². The number of rotatable bonds is 4. The van der Waals surface area contributed by atoms with Crippen LogP contribution in [-0.4, -0.2) is 19.2 Å². The number of thiazole rings is 1. The van der Waals surface area contributed by atoms with Gasteiger partial charge < -0.3 is 15.2 Å². The van der Waals surface area contributed by atoms with Gasteiger partial charge in [0.05, 0.1) is 19.1 Å². The Morgan fingerprint density at radius 3 is 2.29 bits per heavy atom. The van der Waals surface area contributed by atoms with Crippen molar-refractivity contribution in [1.29, 1.82) is 0 Å². The van der Waals surface area contributed by atoms with Gasteiger partial charge in [0.1, 0.15) is 16.5 Å². The molecule has 0 aliphatic carbocycles. The largest absolute Gasteiger partial charge is 0.497 e. The molecule has 0 aliphatic heterocycles. The fraction of sp³-hybridized carbons (Fsp3) is 0.250. The van der Waals surface area contributed by atoms with Crippen molar-refractivity contribution in [3.05, 3.63) is 29.4 Å². The first kappa shape index (κ1) is 11.9. The Kier molecular flexibility index (Phi) is 3.61. The van der Waals surface area contributed by atoms with Crippen LogP contribution >= 0.6 is 11.3 Å². The Labute approximate surface area is 104 Å². The van der Waals surface area contributed by atoms with E-state index in [9.17, 15) is 0 Å². The number of aromatic nitrogens is 1. The van der Waals surface area contributed by atoms with Crippen molar-refractivity contribution in [2.75, 3.05) is 14.2 Å². The predicted octanol–water partition coefficient (Wildman–Crippen LogP) is 2.29. The number of nitrogens with two attached hydrogens (primary N) is 1. The molecule has 0 unspecified atom stereocenters. The van der Waals surface area contributed by atoms with Crippen molar-refractivity contribution < 1.29 is 9.47 Å². The number of ether oxygens (including phenoxy) is 2. The number of hydrogen-bond acceptors (Lipinski definition) is 5. The fourth-order valence-corrected chi connectivity index (χ4v) is 2.27. The van der Waals surface area contributed by atoms with Gasteiger partial charge in [-0.05, 0) is 12.1 Å². The highest BCUT2D eigenvalue weighted by atomic mass is 32.1. The Morgan fingerprint density at radius 1 is 1.18 bits per heavy atom. The highest BCUT2D eigenvalue weighted by molar-refractivity contribution is 7.15. The molecule has 0 amide bonds. The Bertz CT molecular complexity index is 489. The van der Waals surface area contributed by atoms with Gasteiger partial charge in [-0.3, -0.25) is 0 Å². The van der Waals surface area contributed by atoms with E-state index in [1.54, 1.807) is 25.6 Å². The minimum Gasteiger partial charge on any atom is -0.497 e. The average Bonchev–Trinajstić information content (AvgIpc) is 2.86. The molecule has 2 rings (SSSR count). The van der Waals surface area contributed by atoms with Gasteiger partial charge in [0, 0.05) is 24.4 Å². The predicted molar refractivity (Wildman–Crippen MR) is 68.5 cm³/mol. The maximum Gasteiger partial charge on any atom is 0.123 e. The second kappa shape index (κ2) is 5.16. The van der Waals surface area contributed by atoms with E-state index in [0.717, 1.165) is 26.9 Å². The number of methoxy groups -OCH3 is 2. The van der Waals surface area contributed by atoms with Crippen molar-refractivity contribution in [2.24, 2.45) is 5.73 Å². The summed E-state index contributed by atoms with van der Waals surface area (Å²) in [4.78, 5) is 5.29. The zero-order valence-corrected chi connectivity index (χ0v) is 10.6. The van der Waals surface area contributed by atoms with Gasteiger partial charge in [-0.15, -0.1) is 11.3 Å². The van der Waals surface area contributed by atoms with Gasteiger partial charge in [0.2, 0.25) is 0 Å². The van der Waals surface area contributed by atoms with Crippen molar-refractivity contribution in [1.82, 2.24) is 4.98 Å². The van der Waals surface area contributed by atoms with Crippen LogP contribution in [0.2, 0.25) is 0 Å². The highest BCUT2D eigenvalue weighted by Crippen LogP contribution is 2.32. The van der Waals surface area contributed by atoms with Gasteiger partial charge in [-0.1, -0.05) is 0 Å². The molecule has 0 saturated heterocycles. The van der Waals surface area contributed by atoms with Crippen molar-refractivity contribution in [3.8, 4) is 21.9 Å². The monoisotopic (exact) mass is 250 g/mol. The maximum absolute atomic E-state index is 5.55. The van der Waals surface area contributed by atoms with Crippen molar-refractivity contribution >= 4 is 11.3 Å². The molecule has 0 saturated carbocycles. The van der Waals surface area contributed by atoms with Gasteiger partial charge in [0.25, 0.3) is 0 Å². The molecule has 17 heavy (non-hydrogen) atoms. The highest BCUT2D eigenvalue weighted by Gasteiger charge is 2.07. The molecule has 1 aromatic heterocycles. The van der Waals surface area contributed by atoms with Gasteiger partial charge in [0.15, 0.2) is 0 Å². The normalized spacial score (nSPS) is 10.3. The van der Waals surface area contributed by atoms with E-state index in [2.05, 4.69) is 4.98 Å². The SMILES string of the molecule is COc1cc(OC)cc(-c2cnc(CN)s2)c1. The summed E-state index contributed by atoms with van der Waals surface area (Å²) in [5, 5.41) is 0.918. The standard InChI is InChI=1S/C12H14N2O2S/c1-15-9-3-8(4-10(5-9)16-2)11-7-14-12(6-13)17-11/h3-5,7H,6,13H2,1-2H3. The molecule has 0 bridgehead atoms. The summed E-state index contributed by atoms with van der Waals surface area (Å²) in [5.74, 6) is 1.53. The minimum atomic E-state index is 0.464. The third-order valence-electron chi connectivity index (χ3n) is 2.36. The van der Waals surface area contributed by atoms with Crippen LogP contribution in [0.1, 0.15) is 5.01 Å². The van der Waals surface area contributed by atoms with Crippen LogP contribution in [0, 0.1) is 0 Å². The second-order valence-corrected chi connectivity index (χ2v) is 4.54. The first-order valence-electron chi connectivity index (χ1n) is 5.15. The molecule has 2 N–H and O–H groups in total. The van der Waals surface area contributed by atoms with Crippen LogP contribution in [-0.2, 0) is 6.54 Å². The van der Waals surface area contributed by atoms with E-state index in [1.165, 1.54) is 0 Å². The zero-order chi connectivity index (χ0) is 12.3. The summed E-state index contributed by atoms with van der Waals surface area (Å²) < 4.78 is 10.5. The molecule has 0 fully saturated rings. The van der Waals surface area contributed by atoms with E-state index in [4.69, 9.17) is 15.2 Å². The van der Waals surface area contributed by atoms with E-state index in [0.29, 0.717) is 6.54 Å². The summed E-state index contributed by atoms with van der Waals surface area (Å²) in [5.41, 5.74) is 6.58. The zero-order valence-electron chi connectivity index (χ0n) is 9.77. The lowest BCUT2D eigenvalue weighted by Gasteiger charge is -2.06. The maximum atomic E-state index is 5.55. The molecule has 0 spiro atoms. The number of benzene rings is 1. The third kappa shape index (κ3) is 2.57. The van der Waals surface area contributed by atoms with Crippen LogP contribution in [0.5, 0.6) is 11.5 Å². The quantitative estimate of drug-likeness (QED) is 0.904. The lowest BCUT2D eigenvalue weighted by Crippen LogP contribution is -1.93. The Hall–Kier alpha value is -1.59. The molecule has 0 aliphatic rings. The summed E-state index contributed by atoms with van der Waals surface area (Å²) >= 11 is 1.58. The molecular formula is C12H14N2O2S. The molecule has 90 valence electrons. The van der Waals surface area contributed by atoms with E-state index in [-0.39, 0.29) is 0 Å². The second-order valence-electron chi connectivity index (χ2n) is 3.42. The molecule has 4 nitrogen and oxygen atoms in total. The first-order valence-corrected chi connectivity index (χ1v) is 5.96. The summed E-state index contributed by atoms with van der Waals surface area (Å²) in [6.07, 6.45) is 1.82. The van der Waals surface area contributed by atoms with E-state index >= 15 is 0 Å². The lowest BCUT2D eigenvalue weighted by atomic mass is 10.2. The third-order valence-corrected chi connectivity index (χ3v) is 3.43. The molecule has 0 atom stereocenters. The van der Waals surface area contributed by atoms with E-state index < -0.39 is 0 Å². The molecule has 0 radical (unpaired) electrons. The summed E-state index contributed by atoms with van der Waals surface area (Å²) in [7, 11) is 3.27. The smallest absolute Gasteiger partial charge is 0.123 e. The molecule has 1 aromatic carbocycles. The molecule has 2 aromatic rings. The molecule has 5 heteroatoms. The molecular weight excluding hydrogens is 236 g/mol. The Morgan fingerprint density at radius 2 is 1.82 bits per heavy atom. The van der Waals surface area contributed by atoms with Crippen molar-refractivity contribution in [2.45, 2.75) is 6.54 Å². The van der Waals surface area contributed by atoms with Gasteiger partial charge in [-0.25, -0.2) is 4.98 Å². The average molecular weight is 250 g/mol. The topological polar surface area (TPSA) is 57.4 Å². The summed E-state index contributed by atoms with van der Waals surface area (Å²) in [6, 6.07) is 5.75. The Balaban J connectivity index is 2.43. The van der Waals surface area contributed by atoms with Crippen LogP contribution in [0.4, 0.5) is 0 Å². The van der Waals surface area contributed by atoms with Crippen LogP contribution < -0.4 is 15.2 Å². The van der Waals surface area contributed by atoms with Crippen LogP contribution in [0.25, 0.3) is 10.4 Å². The number of nitrogens with zero attached hydrogens (tertiary/aromatic N) is 1.